The molecule has 100 valence electrons. The third-order valence-electron chi connectivity index (χ3n) is 2.93. The Morgan fingerprint density at radius 2 is 1.63 bits per heavy atom. The molecule has 2 N–H and O–H groups in total. The molecule has 2 aromatic rings. The zero-order chi connectivity index (χ0) is 13.8. The van der Waals surface area contributed by atoms with Crippen molar-refractivity contribution in [3.8, 4) is 5.75 Å². The van der Waals surface area contributed by atoms with Crippen LogP contribution in [0.25, 0.3) is 0 Å². The average molecular weight is 263 g/mol. The van der Waals surface area contributed by atoms with E-state index in [4.69, 9.17) is 10.5 Å². The van der Waals surface area contributed by atoms with Crippen LogP contribution in [0.1, 0.15) is 17.2 Å². The molecular weight excluding hydrogens is 248 g/mol. The van der Waals surface area contributed by atoms with Gasteiger partial charge in [0.1, 0.15) is 17.4 Å². The van der Waals surface area contributed by atoms with Gasteiger partial charge >= 0.3 is 0 Å². The third-order valence-corrected chi connectivity index (χ3v) is 2.93. The molecule has 2 nitrogen and oxygen atoms in total. The normalized spacial score (nSPS) is 12.2. The molecule has 0 aliphatic rings. The van der Waals surface area contributed by atoms with Gasteiger partial charge in [-0.15, -0.1) is 0 Å². The van der Waals surface area contributed by atoms with Crippen LogP contribution in [0.15, 0.2) is 42.5 Å². The number of nitrogens with two attached hydrogens (primary N) is 1. The summed E-state index contributed by atoms with van der Waals surface area (Å²) in [4.78, 5) is 0. The molecule has 0 saturated carbocycles. The van der Waals surface area contributed by atoms with Gasteiger partial charge < -0.3 is 10.5 Å². The number of rotatable bonds is 4. The van der Waals surface area contributed by atoms with Crippen LogP contribution >= 0.6 is 0 Å². The van der Waals surface area contributed by atoms with Crippen LogP contribution < -0.4 is 10.5 Å². The zero-order valence-electron chi connectivity index (χ0n) is 10.6. The number of methoxy groups -OCH3 is 1. The highest BCUT2D eigenvalue weighted by molar-refractivity contribution is 5.29. The maximum absolute atomic E-state index is 13.1. The van der Waals surface area contributed by atoms with Gasteiger partial charge in [-0.2, -0.15) is 0 Å². The number of benzene rings is 2. The second-order valence-corrected chi connectivity index (χ2v) is 4.36. The molecule has 4 heteroatoms. The first-order valence-corrected chi connectivity index (χ1v) is 5.93. The van der Waals surface area contributed by atoms with E-state index in [0.717, 1.165) is 17.4 Å². The minimum atomic E-state index is -0.611. The molecule has 0 amide bonds. The van der Waals surface area contributed by atoms with Crippen molar-refractivity contribution in [1.82, 2.24) is 0 Å². The molecule has 0 fully saturated rings. The molecule has 2 rings (SSSR count). The zero-order valence-corrected chi connectivity index (χ0v) is 10.6. The smallest absolute Gasteiger partial charge is 0.126 e. The second-order valence-electron chi connectivity index (χ2n) is 4.36. The van der Waals surface area contributed by atoms with Crippen molar-refractivity contribution < 1.29 is 13.5 Å². The third kappa shape index (κ3) is 3.51. The summed E-state index contributed by atoms with van der Waals surface area (Å²) < 4.78 is 31.3. The molecule has 0 radical (unpaired) electrons. The standard InChI is InChI=1S/C15H15F2NO/c1-19-14-4-2-10(3-5-14)6-15(18)11-7-12(16)9-13(17)8-11/h2-5,7-9,15H,6,18H2,1H3. The van der Waals surface area contributed by atoms with Crippen molar-refractivity contribution in [3.05, 3.63) is 65.2 Å². The Balaban J connectivity index is 2.13. The monoisotopic (exact) mass is 263 g/mol. The number of ether oxygens (including phenoxy) is 1. The minimum Gasteiger partial charge on any atom is -0.497 e. The van der Waals surface area contributed by atoms with Crippen molar-refractivity contribution >= 4 is 0 Å². The maximum Gasteiger partial charge on any atom is 0.126 e. The Hall–Kier alpha value is -1.94. The van der Waals surface area contributed by atoms with Crippen molar-refractivity contribution in [2.24, 2.45) is 5.73 Å². The summed E-state index contributed by atoms with van der Waals surface area (Å²) in [5.41, 5.74) is 7.41. The van der Waals surface area contributed by atoms with Gasteiger partial charge in [0.2, 0.25) is 0 Å². The molecule has 0 aromatic heterocycles. The van der Waals surface area contributed by atoms with Gasteiger partial charge in [0, 0.05) is 12.1 Å². The molecule has 2 aromatic carbocycles. The average Bonchev–Trinajstić information content (AvgIpc) is 2.38. The summed E-state index contributed by atoms with van der Waals surface area (Å²) in [7, 11) is 1.59. The summed E-state index contributed by atoms with van der Waals surface area (Å²) in [5, 5.41) is 0. The number of hydrogen-bond donors (Lipinski definition) is 1. The molecule has 19 heavy (non-hydrogen) atoms. The van der Waals surface area contributed by atoms with Crippen LogP contribution in [0.4, 0.5) is 8.78 Å². The predicted octanol–water partition coefficient (Wildman–Crippen LogP) is 3.22. The van der Waals surface area contributed by atoms with E-state index in [1.807, 2.05) is 24.3 Å². The van der Waals surface area contributed by atoms with Crippen LogP contribution in [-0.4, -0.2) is 7.11 Å². The Labute approximate surface area is 110 Å². The van der Waals surface area contributed by atoms with E-state index < -0.39 is 17.7 Å². The van der Waals surface area contributed by atoms with Crippen LogP contribution in [-0.2, 0) is 6.42 Å². The molecule has 0 saturated heterocycles. The summed E-state index contributed by atoms with van der Waals surface area (Å²) in [5.74, 6) is -0.463. The lowest BCUT2D eigenvalue weighted by Crippen LogP contribution is -2.14. The maximum atomic E-state index is 13.1. The fourth-order valence-corrected chi connectivity index (χ4v) is 1.92. The minimum absolute atomic E-state index is 0.446. The summed E-state index contributed by atoms with van der Waals surface area (Å²) in [6, 6.07) is 10.3. The van der Waals surface area contributed by atoms with Crippen LogP contribution in [0.5, 0.6) is 5.75 Å². The fourth-order valence-electron chi connectivity index (χ4n) is 1.92. The lowest BCUT2D eigenvalue weighted by atomic mass is 9.99. The second kappa shape index (κ2) is 5.80. The van der Waals surface area contributed by atoms with Gasteiger partial charge in [-0.05, 0) is 41.8 Å². The van der Waals surface area contributed by atoms with Gasteiger partial charge in [-0.3, -0.25) is 0 Å². The van der Waals surface area contributed by atoms with Gasteiger partial charge in [-0.1, -0.05) is 12.1 Å². The first-order chi connectivity index (χ1) is 9.08. The lowest BCUT2D eigenvalue weighted by molar-refractivity contribution is 0.414. The summed E-state index contributed by atoms with van der Waals surface area (Å²) >= 11 is 0. The van der Waals surface area contributed by atoms with E-state index in [-0.39, 0.29) is 0 Å². The first kappa shape index (κ1) is 13.5. The van der Waals surface area contributed by atoms with Crippen molar-refractivity contribution in [2.75, 3.05) is 7.11 Å². The number of hydrogen-bond acceptors (Lipinski definition) is 2. The highest BCUT2D eigenvalue weighted by atomic mass is 19.1. The Bertz CT molecular complexity index is 534. The number of halogens is 2. The Morgan fingerprint density at radius 3 is 2.16 bits per heavy atom. The largest absolute Gasteiger partial charge is 0.497 e. The highest BCUT2D eigenvalue weighted by Gasteiger charge is 2.10. The Kier molecular flexibility index (Phi) is 4.12. The topological polar surface area (TPSA) is 35.2 Å². The van der Waals surface area contributed by atoms with Crippen LogP contribution in [0.3, 0.4) is 0 Å². The summed E-state index contributed by atoms with van der Waals surface area (Å²) in [6.07, 6.45) is 0.507. The van der Waals surface area contributed by atoms with E-state index in [0.29, 0.717) is 12.0 Å². The van der Waals surface area contributed by atoms with Gasteiger partial charge in [-0.25, -0.2) is 8.78 Å². The molecule has 0 spiro atoms. The van der Waals surface area contributed by atoms with Crippen molar-refractivity contribution in [3.63, 3.8) is 0 Å². The quantitative estimate of drug-likeness (QED) is 0.919. The van der Waals surface area contributed by atoms with E-state index >= 15 is 0 Å². The molecule has 0 aliphatic carbocycles. The highest BCUT2D eigenvalue weighted by Crippen LogP contribution is 2.20. The van der Waals surface area contributed by atoms with Crippen molar-refractivity contribution in [2.45, 2.75) is 12.5 Å². The molecule has 1 atom stereocenters. The van der Waals surface area contributed by atoms with Crippen LogP contribution in [0.2, 0.25) is 0 Å². The molecule has 0 aliphatic heterocycles. The fraction of sp³-hybridized carbons (Fsp3) is 0.200. The predicted molar refractivity (Wildman–Crippen MR) is 70.0 cm³/mol. The van der Waals surface area contributed by atoms with Gasteiger partial charge in [0.15, 0.2) is 0 Å². The van der Waals surface area contributed by atoms with Gasteiger partial charge in [0.25, 0.3) is 0 Å². The molecular formula is C15H15F2NO. The first-order valence-electron chi connectivity index (χ1n) is 5.93. The summed E-state index contributed by atoms with van der Waals surface area (Å²) in [6.45, 7) is 0. The van der Waals surface area contributed by atoms with E-state index in [9.17, 15) is 8.78 Å². The van der Waals surface area contributed by atoms with E-state index in [2.05, 4.69) is 0 Å². The lowest BCUT2D eigenvalue weighted by Gasteiger charge is -2.13. The van der Waals surface area contributed by atoms with E-state index in [1.54, 1.807) is 7.11 Å². The van der Waals surface area contributed by atoms with Crippen LogP contribution in [0, 0.1) is 11.6 Å². The molecule has 1 unspecified atom stereocenters. The van der Waals surface area contributed by atoms with E-state index in [1.165, 1.54) is 12.1 Å². The SMILES string of the molecule is COc1ccc(CC(N)c2cc(F)cc(F)c2)cc1. The van der Waals surface area contributed by atoms with Crippen molar-refractivity contribution in [1.29, 1.82) is 0 Å². The molecule has 0 heterocycles. The van der Waals surface area contributed by atoms with Gasteiger partial charge in [0.05, 0.1) is 7.11 Å². The molecule has 0 bridgehead atoms. The Morgan fingerprint density at radius 1 is 1.05 bits per heavy atom.